The summed E-state index contributed by atoms with van der Waals surface area (Å²) in [6.07, 6.45) is -0.942. The van der Waals surface area contributed by atoms with Crippen LogP contribution >= 0.6 is 11.3 Å². The average molecular weight is 299 g/mol. The zero-order valence-electron chi connectivity index (χ0n) is 11.4. The maximum Gasteiger partial charge on any atom is 0.334 e. The van der Waals surface area contributed by atoms with Gasteiger partial charge in [-0.25, -0.2) is 14.6 Å². The van der Waals surface area contributed by atoms with Crippen molar-refractivity contribution < 1.29 is 19.4 Å². The van der Waals surface area contributed by atoms with E-state index in [0.717, 1.165) is 10.7 Å². The Morgan fingerprint density at radius 2 is 2.40 bits per heavy atom. The van der Waals surface area contributed by atoms with E-state index in [1.807, 2.05) is 12.3 Å². The van der Waals surface area contributed by atoms with Crippen LogP contribution in [0.3, 0.4) is 0 Å². The van der Waals surface area contributed by atoms with Crippen LogP contribution in [0.1, 0.15) is 10.7 Å². The molecule has 7 nitrogen and oxygen atoms in total. The Hall–Kier alpha value is -1.67. The third kappa shape index (κ3) is 3.45. The molecule has 0 spiro atoms. The lowest BCUT2D eigenvalue weighted by Crippen LogP contribution is -2.51. The number of rotatable bonds is 3. The van der Waals surface area contributed by atoms with Crippen LogP contribution < -0.4 is 0 Å². The predicted molar refractivity (Wildman–Crippen MR) is 72.7 cm³/mol. The minimum absolute atomic E-state index is 0.0780. The number of aliphatic carboxylic acids is 1. The van der Waals surface area contributed by atoms with Gasteiger partial charge >= 0.3 is 12.0 Å². The first-order valence-electron chi connectivity index (χ1n) is 6.23. The van der Waals surface area contributed by atoms with Crippen molar-refractivity contribution in [3.8, 4) is 0 Å². The fraction of sp³-hybridized carbons (Fsp3) is 0.583. The molecule has 1 N–H and O–H groups in total. The second-order valence-corrected chi connectivity index (χ2v) is 5.70. The molecular formula is C12H17N3O4S. The summed E-state index contributed by atoms with van der Waals surface area (Å²) in [5.41, 5.74) is 0.839. The van der Waals surface area contributed by atoms with Gasteiger partial charge in [-0.15, -0.1) is 11.3 Å². The third-order valence-electron chi connectivity index (χ3n) is 3.00. The van der Waals surface area contributed by atoms with Crippen molar-refractivity contribution in [2.24, 2.45) is 0 Å². The maximum atomic E-state index is 12.3. The molecule has 0 aromatic carbocycles. The number of carboxylic acid groups (broad SMARTS) is 1. The Morgan fingerprint density at radius 1 is 1.65 bits per heavy atom. The Kier molecular flexibility index (Phi) is 4.56. The molecule has 2 amide bonds. The van der Waals surface area contributed by atoms with Crippen LogP contribution in [0.2, 0.25) is 0 Å². The van der Waals surface area contributed by atoms with Crippen LogP contribution in [-0.2, 0) is 16.1 Å². The molecule has 1 saturated heterocycles. The van der Waals surface area contributed by atoms with Crippen LogP contribution in [-0.4, -0.2) is 64.7 Å². The number of amides is 2. The van der Waals surface area contributed by atoms with E-state index < -0.39 is 12.1 Å². The monoisotopic (exact) mass is 299 g/mol. The molecule has 1 aromatic rings. The van der Waals surface area contributed by atoms with Crippen molar-refractivity contribution in [2.45, 2.75) is 19.6 Å². The van der Waals surface area contributed by atoms with Gasteiger partial charge in [0, 0.05) is 19.0 Å². The van der Waals surface area contributed by atoms with Crippen LogP contribution in [0.4, 0.5) is 4.79 Å². The standard InChI is InChI=1S/C12H17N3O4S/c1-8-13-9(7-20-8)5-14(2)12(18)15-3-4-19-10(6-15)11(16)17/h7,10H,3-6H2,1-2H3,(H,16,17). The van der Waals surface area contributed by atoms with E-state index in [0.29, 0.717) is 13.1 Å². The number of carbonyl (C=O) groups excluding carboxylic acids is 1. The van der Waals surface area contributed by atoms with Gasteiger partial charge in [-0.1, -0.05) is 0 Å². The van der Waals surface area contributed by atoms with Crippen molar-refractivity contribution in [2.75, 3.05) is 26.7 Å². The number of urea groups is 1. The number of aryl methyl sites for hydroxylation is 1. The van der Waals surface area contributed by atoms with Gasteiger partial charge in [0.2, 0.25) is 0 Å². The molecule has 8 heteroatoms. The molecule has 1 fully saturated rings. The van der Waals surface area contributed by atoms with E-state index in [1.165, 1.54) is 16.2 Å². The van der Waals surface area contributed by atoms with Gasteiger partial charge in [-0.3, -0.25) is 0 Å². The summed E-state index contributed by atoms with van der Waals surface area (Å²) in [7, 11) is 1.68. The third-order valence-corrected chi connectivity index (χ3v) is 3.83. The molecule has 1 unspecified atom stereocenters. The molecule has 0 saturated carbocycles. The van der Waals surface area contributed by atoms with Crippen LogP contribution in [0, 0.1) is 6.92 Å². The maximum absolute atomic E-state index is 12.3. The predicted octanol–water partition coefficient (Wildman–Crippen LogP) is 0.789. The number of carbonyl (C=O) groups is 2. The highest BCUT2D eigenvalue weighted by molar-refractivity contribution is 7.09. The van der Waals surface area contributed by atoms with Gasteiger partial charge in [-0.2, -0.15) is 0 Å². The summed E-state index contributed by atoms with van der Waals surface area (Å²) >= 11 is 1.54. The van der Waals surface area contributed by atoms with Crippen molar-refractivity contribution in [3.63, 3.8) is 0 Å². The molecule has 1 aliphatic heterocycles. The Morgan fingerprint density at radius 3 is 3.00 bits per heavy atom. The fourth-order valence-electron chi connectivity index (χ4n) is 2.01. The molecule has 0 aliphatic carbocycles. The van der Waals surface area contributed by atoms with Crippen LogP contribution in [0.25, 0.3) is 0 Å². The normalized spacial score (nSPS) is 18.9. The van der Waals surface area contributed by atoms with Gasteiger partial charge in [0.1, 0.15) is 0 Å². The SMILES string of the molecule is Cc1nc(CN(C)C(=O)N2CCOC(C(=O)O)C2)cs1. The number of nitrogens with zero attached hydrogens (tertiary/aromatic N) is 3. The average Bonchev–Trinajstić information content (AvgIpc) is 2.83. The number of aromatic nitrogens is 1. The minimum atomic E-state index is -1.04. The largest absolute Gasteiger partial charge is 0.479 e. The lowest BCUT2D eigenvalue weighted by Gasteiger charge is -2.33. The first kappa shape index (κ1) is 14.7. The second kappa shape index (κ2) is 6.19. The molecule has 110 valence electrons. The van der Waals surface area contributed by atoms with E-state index in [4.69, 9.17) is 9.84 Å². The van der Waals surface area contributed by atoms with Crippen LogP contribution in [0.5, 0.6) is 0 Å². The second-order valence-electron chi connectivity index (χ2n) is 4.64. The highest BCUT2D eigenvalue weighted by Gasteiger charge is 2.30. The first-order chi connectivity index (χ1) is 9.47. The number of carboxylic acids is 1. The quantitative estimate of drug-likeness (QED) is 0.892. The Labute approximate surface area is 120 Å². The van der Waals surface area contributed by atoms with Crippen LogP contribution in [0.15, 0.2) is 5.38 Å². The Balaban J connectivity index is 1.94. The van der Waals surface area contributed by atoms with E-state index in [2.05, 4.69) is 4.98 Å². The number of thiazole rings is 1. The zero-order valence-corrected chi connectivity index (χ0v) is 12.2. The van der Waals surface area contributed by atoms with E-state index in [1.54, 1.807) is 11.9 Å². The molecule has 0 radical (unpaired) electrons. The summed E-state index contributed by atoms with van der Waals surface area (Å²) in [4.78, 5) is 30.5. The minimum Gasteiger partial charge on any atom is -0.479 e. The molecule has 1 aliphatic rings. The molecular weight excluding hydrogens is 282 g/mol. The molecule has 1 aromatic heterocycles. The summed E-state index contributed by atoms with van der Waals surface area (Å²) < 4.78 is 5.10. The van der Waals surface area contributed by atoms with E-state index in [9.17, 15) is 9.59 Å². The van der Waals surface area contributed by atoms with Crippen molar-refractivity contribution in [1.29, 1.82) is 0 Å². The van der Waals surface area contributed by atoms with Gasteiger partial charge in [-0.05, 0) is 6.92 Å². The summed E-state index contributed by atoms with van der Waals surface area (Å²) in [5.74, 6) is -1.04. The van der Waals surface area contributed by atoms with Crippen molar-refractivity contribution in [1.82, 2.24) is 14.8 Å². The van der Waals surface area contributed by atoms with Gasteiger partial charge in [0.15, 0.2) is 6.10 Å². The zero-order chi connectivity index (χ0) is 14.7. The lowest BCUT2D eigenvalue weighted by molar-refractivity contribution is -0.154. The van der Waals surface area contributed by atoms with Crippen molar-refractivity contribution >= 4 is 23.3 Å². The highest BCUT2D eigenvalue weighted by atomic mass is 32.1. The number of hydrogen-bond acceptors (Lipinski definition) is 5. The Bertz CT molecular complexity index is 505. The molecule has 0 bridgehead atoms. The first-order valence-corrected chi connectivity index (χ1v) is 7.11. The van der Waals surface area contributed by atoms with Gasteiger partial charge in [0.05, 0.1) is 30.4 Å². The summed E-state index contributed by atoms with van der Waals surface area (Å²) in [6, 6.07) is -0.204. The topological polar surface area (TPSA) is 83.0 Å². The molecule has 1 atom stereocenters. The lowest BCUT2D eigenvalue weighted by atomic mass is 10.3. The number of morpholine rings is 1. The van der Waals surface area contributed by atoms with E-state index >= 15 is 0 Å². The molecule has 2 heterocycles. The summed E-state index contributed by atoms with van der Waals surface area (Å²) in [6.45, 7) is 3.05. The van der Waals surface area contributed by atoms with Gasteiger partial charge < -0.3 is 19.6 Å². The molecule has 2 rings (SSSR count). The number of ether oxygens (including phenoxy) is 1. The van der Waals surface area contributed by atoms with E-state index in [-0.39, 0.29) is 19.2 Å². The highest BCUT2D eigenvalue weighted by Crippen LogP contribution is 2.12. The fourth-order valence-corrected chi connectivity index (χ4v) is 2.61. The summed E-state index contributed by atoms with van der Waals surface area (Å²) in [5, 5.41) is 11.8. The van der Waals surface area contributed by atoms with Crippen molar-refractivity contribution in [3.05, 3.63) is 16.1 Å². The molecule has 20 heavy (non-hydrogen) atoms. The smallest absolute Gasteiger partial charge is 0.334 e. The number of hydrogen-bond donors (Lipinski definition) is 1. The van der Waals surface area contributed by atoms with Gasteiger partial charge in [0.25, 0.3) is 0 Å².